The van der Waals surface area contributed by atoms with Gasteiger partial charge in [-0.05, 0) is 86.7 Å². The van der Waals surface area contributed by atoms with E-state index in [9.17, 15) is 14.4 Å². The number of likely N-dealkylation sites (tertiary alicyclic amines) is 1. The number of hydrogen-bond acceptors (Lipinski definition) is 4. The van der Waals surface area contributed by atoms with Gasteiger partial charge < -0.3 is 20.3 Å². The highest BCUT2D eigenvalue weighted by Gasteiger charge is 2.29. The molecule has 3 aromatic carbocycles. The molecule has 1 fully saturated rings. The fourth-order valence-electron chi connectivity index (χ4n) is 4.30. The average molecular weight is 500 g/mol. The monoisotopic (exact) mass is 499 g/mol. The molecule has 1 heterocycles. The highest BCUT2D eigenvalue weighted by atomic mass is 16.5. The van der Waals surface area contributed by atoms with Gasteiger partial charge in [0.25, 0.3) is 5.91 Å². The van der Waals surface area contributed by atoms with Gasteiger partial charge in [0.15, 0.2) is 0 Å². The van der Waals surface area contributed by atoms with Crippen molar-refractivity contribution in [3.05, 3.63) is 89.5 Å². The summed E-state index contributed by atoms with van der Waals surface area (Å²) in [6, 6.07) is 21.5. The Morgan fingerprint density at radius 2 is 1.68 bits per heavy atom. The van der Waals surface area contributed by atoms with Gasteiger partial charge in [-0.1, -0.05) is 36.8 Å². The molecule has 0 radical (unpaired) electrons. The van der Waals surface area contributed by atoms with Crippen molar-refractivity contribution in [3.8, 4) is 11.5 Å². The largest absolute Gasteiger partial charge is 0.457 e. The summed E-state index contributed by atoms with van der Waals surface area (Å²) in [7, 11) is 0. The lowest BCUT2D eigenvalue weighted by Crippen LogP contribution is -2.49. The standard InChI is InChI=1S/C30H33N3O4/c1-3-22-7-6-8-24(19-22)31-28(34)20-33-18-5-4-9-27(30(33)36)32-29(35)23-12-16-26(17-13-23)37-25-14-10-21(2)11-15-25/h6-8,10-17,19,27H,3-5,9,18,20H2,1-2H3,(H,31,34)(H,32,35). The van der Waals surface area contributed by atoms with Gasteiger partial charge in [0.1, 0.15) is 17.5 Å². The molecule has 192 valence electrons. The van der Waals surface area contributed by atoms with Crippen LogP contribution < -0.4 is 15.4 Å². The molecule has 3 amide bonds. The number of carbonyl (C=O) groups is 3. The molecule has 3 aromatic rings. The van der Waals surface area contributed by atoms with E-state index < -0.39 is 6.04 Å². The molecule has 7 nitrogen and oxygen atoms in total. The summed E-state index contributed by atoms with van der Waals surface area (Å²) in [6.45, 7) is 4.50. The van der Waals surface area contributed by atoms with E-state index in [1.807, 2.05) is 55.5 Å². The normalized spacial score (nSPS) is 15.6. The maximum Gasteiger partial charge on any atom is 0.251 e. The first-order valence-electron chi connectivity index (χ1n) is 12.7. The minimum absolute atomic E-state index is 0.0490. The van der Waals surface area contributed by atoms with Crippen molar-refractivity contribution in [2.45, 2.75) is 45.6 Å². The summed E-state index contributed by atoms with van der Waals surface area (Å²) >= 11 is 0. The van der Waals surface area contributed by atoms with Crippen molar-refractivity contribution < 1.29 is 19.1 Å². The van der Waals surface area contributed by atoms with Crippen LogP contribution in [0, 0.1) is 6.92 Å². The Morgan fingerprint density at radius 1 is 0.973 bits per heavy atom. The Labute approximate surface area is 217 Å². The number of amides is 3. The minimum atomic E-state index is -0.672. The Kier molecular flexibility index (Phi) is 8.56. The van der Waals surface area contributed by atoms with Crippen LogP contribution in [0.3, 0.4) is 0 Å². The van der Waals surface area contributed by atoms with Crippen molar-refractivity contribution in [2.24, 2.45) is 0 Å². The number of aryl methyl sites for hydroxylation is 2. The van der Waals surface area contributed by atoms with Gasteiger partial charge in [0.2, 0.25) is 11.8 Å². The molecule has 1 saturated heterocycles. The molecule has 0 spiro atoms. The predicted molar refractivity (Wildman–Crippen MR) is 144 cm³/mol. The molecule has 0 aliphatic carbocycles. The smallest absolute Gasteiger partial charge is 0.251 e. The van der Waals surface area contributed by atoms with E-state index in [0.29, 0.717) is 35.7 Å². The number of carbonyl (C=O) groups excluding carboxylic acids is 3. The molecule has 1 aliphatic rings. The zero-order chi connectivity index (χ0) is 26.2. The summed E-state index contributed by atoms with van der Waals surface area (Å²) in [6.07, 6.45) is 2.98. The quantitative estimate of drug-likeness (QED) is 0.451. The van der Waals surface area contributed by atoms with Gasteiger partial charge in [0.05, 0.1) is 6.54 Å². The predicted octanol–water partition coefficient (Wildman–Crippen LogP) is 5.10. The lowest BCUT2D eigenvalue weighted by Gasteiger charge is -2.24. The fraction of sp³-hybridized carbons (Fsp3) is 0.300. The Balaban J connectivity index is 1.34. The third-order valence-electron chi connectivity index (χ3n) is 6.41. The summed E-state index contributed by atoms with van der Waals surface area (Å²) in [5.74, 6) is 0.518. The van der Waals surface area contributed by atoms with E-state index >= 15 is 0 Å². The Morgan fingerprint density at radius 3 is 2.38 bits per heavy atom. The third-order valence-corrected chi connectivity index (χ3v) is 6.41. The van der Waals surface area contributed by atoms with E-state index in [4.69, 9.17) is 4.74 Å². The van der Waals surface area contributed by atoms with Crippen LogP contribution in [0.2, 0.25) is 0 Å². The fourth-order valence-corrected chi connectivity index (χ4v) is 4.30. The van der Waals surface area contributed by atoms with Crippen molar-refractivity contribution >= 4 is 23.4 Å². The third kappa shape index (κ3) is 7.19. The second kappa shape index (κ2) is 12.2. The van der Waals surface area contributed by atoms with E-state index in [0.717, 1.165) is 30.4 Å². The minimum Gasteiger partial charge on any atom is -0.457 e. The van der Waals surface area contributed by atoms with Crippen molar-refractivity contribution in [1.29, 1.82) is 0 Å². The lowest BCUT2D eigenvalue weighted by atomic mass is 10.1. The number of ether oxygens (including phenoxy) is 1. The molecule has 37 heavy (non-hydrogen) atoms. The van der Waals surface area contributed by atoms with E-state index in [1.165, 1.54) is 4.90 Å². The summed E-state index contributed by atoms with van der Waals surface area (Å²) in [5, 5.41) is 5.75. The molecule has 1 unspecified atom stereocenters. The number of hydrogen-bond donors (Lipinski definition) is 2. The van der Waals surface area contributed by atoms with Gasteiger partial charge in [-0.25, -0.2) is 0 Å². The summed E-state index contributed by atoms with van der Waals surface area (Å²) in [4.78, 5) is 40.3. The SMILES string of the molecule is CCc1cccc(NC(=O)CN2CCCCC(NC(=O)c3ccc(Oc4ccc(C)cc4)cc3)C2=O)c1. The summed E-state index contributed by atoms with van der Waals surface area (Å²) in [5.41, 5.74) is 3.43. The van der Waals surface area contributed by atoms with E-state index in [2.05, 4.69) is 17.6 Å². The van der Waals surface area contributed by atoms with Crippen molar-refractivity contribution in [3.63, 3.8) is 0 Å². The highest BCUT2D eigenvalue weighted by molar-refractivity contribution is 5.99. The number of benzene rings is 3. The summed E-state index contributed by atoms with van der Waals surface area (Å²) < 4.78 is 5.83. The number of nitrogens with zero attached hydrogens (tertiary/aromatic N) is 1. The molecule has 2 N–H and O–H groups in total. The zero-order valence-corrected chi connectivity index (χ0v) is 21.3. The van der Waals surface area contributed by atoms with Gasteiger partial charge in [-0.2, -0.15) is 0 Å². The number of nitrogens with one attached hydrogen (secondary N) is 2. The van der Waals surface area contributed by atoms with Crippen LogP contribution in [0.5, 0.6) is 11.5 Å². The highest BCUT2D eigenvalue weighted by Crippen LogP contribution is 2.22. The zero-order valence-electron chi connectivity index (χ0n) is 21.3. The van der Waals surface area contributed by atoms with E-state index in [-0.39, 0.29) is 24.3 Å². The molecule has 0 aromatic heterocycles. The first kappa shape index (κ1) is 25.9. The van der Waals surface area contributed by atoms with Crippen LogP contribution in [0.25, 0.3) is 0 Å². The van der Waals surface area contributed by atoms with Crippen LogP contribution in [-0.4, -0.2) is 41.8 Å². The van der Waals surface area contributed by atoms with Gasteiger partial charge in [-0.15, -0.1) is 0 Å². The molecular formula is C30H33N3O4. The Bertz CT molecular complexity index is 1240. The molecule has 1 atom stereocenters. The number of rotatable bonds is 8. The van der Waals surface area contributed by atoms with Crippen molar-refractivity contribution in [2.75, 3.05) is 18.4 Å². The average Bonchev–Trinajstić information content (AvgIpc) is 3.07. The molecule has 0 saturated carbocycles. The maximum absolute atomic E-state index is 13.2. The second-order valence-electron chi connectivity index (χ2n) is 9.32. The second-order valence-corrected chi connectivity index (χ2v) is 9.32. The molecular weight excluding hydrogens is 466 g/mol. The first-order chi connectivity index (χ1) is 17.9. The van der Waals surface area contributed by atoms with Crippen LogP contribution in [-0.2, 0) is 16.0 Å². The van der Waals surface area contributed by atoms with Gasteiger partial charge >= 0.3 is 0 Å². The molecule has 0 bridgehead atoms. The van der Waals surface area contributed by atoms with Gasteiger partial charge in [-0.3, -0.25) is 14.4 Å². The first-order valence-corrected chi connectivity index (χ1v) is 12.7. The van der Waals surface area contributed by atoms with Crippen LogP contribution in [0.15, 0.2) is 72.8 Å². The lowest BCUT2D eigenvalue weighted by molar-refractivity contribution is -0.135. The number of anilines is 1. The topological polar surface area (TPSA) is 87.7 Å². The van der Waals surface area contributed by atoms with Crippen LogP contribution in [0.1, 0.15) is 47.7 Å². The molecule has 7 heteroatoms. The molecule has 4 rings (SSSR count). The van der Waals surface area contributed by atoms with Crippen LogP contribution >= 0.6 is 0 Å². The van der Waals surface area contributed by atoms with E-state index in [1.54, 1.807) is 24.3 Å². The maximum atomic E-state index is 13.2. The van der Waals surface area contributed by atoms with Crippen molar-refractivity contribution in [1.82, 2.24) is 10.2 Å². The van der Waals surface area contributed by atoms with Crippen LogP contribution in [0.4, 0.5) is 5.69 Å². The Hall–Kier alpha value is -4.13. The molecule has 1 aliphatic heterocycles. The van der Waals surface area contributed by atoms with Gasteiger partial charge in [0, 0.05) is 17.8 Å².